The fourth-order valence-electron chi connectivity index (χ4n) is 7.83. The molecule has 3 nitrogen and oxygen atoms in total. The average molecular weight is 385 g/mol. The first kappa shape index (κ1) is 19.9. The quantitative estimate of drug-likeness (QED) is 0.274. The Morgan fingerprint density at radius 2 is 1.75 bits per heavy atom. The summed E-state index contributed by atoms with van der Waals surface area (Å²) in [5.74, 6) is 0.749. The van der Waals surface area contributed by atoms with Gasteiger partial charge in [-0.3, -0.25) is 0 Å². The molecule has 3 saturated carbocycles. The summed E-state index contributed by atoms with van der Waals surface area (Å²) in [6.07, 6.45) is 15.4. The molecule has 28 heavy (non-hydrogen) atoms. The Morgan fingerprint density at radius 1 is 1.04 bits per heavy atom. The van der Waals surface area contributed by atoms with E-state index >= 15 is 0 Å². The Kier molecular flexibility index (Phi) is 4.49. The molecule has 3 fully saturated rings. The van der Waals surface area contributed by atoms with Crippen LogP contribution < -0.4 is 0 Å². The van der Waals surface area contributed by atoms with Crippen LogP contribution in [0.3, 0.4) is 0 Å². The maximum atomic E-state index is 12.7. The molecule has 0 aromatic carbocycles. The summed E-state index contributed by atoms with van der Waals surface area (Å²) >= 11 is 0. The van der Waals surface area contributed by atoms with Gasteiger partial charge in [0, 0.05) is 21.8 Å². The zero-order valence-corrected chi connectivity index (χ0v) is 18.2. The number of fused-ring (bicyclic) bond motifs is 3. The van der Waals surface area contributed by atoms with Gasteiger partial charge in [0.05, 0.1) is 0 Å². The topological polar surface area (TPSA) is 43.4 Å². The zero-order valence-electron chi connectivity index (χ0n) is 18.2. The van der Waals surface area contributed by atoms with E-state index in [2.05, 4.69) is 32.9 Å². The second-order valence-electron chi connectivity index (χ2n) is 10.9. The fraction of sp³-hybridized carbons (Fsp3) is 0.760. The van der Waals surface area contributed by atoms with Gasteiger partial charge in [-0.1, -0.05) is 45.4 Å². The second-order valence-corrected chi connectivity index (χ2v) is 10.9. The lowest BCUT2D eigenvalue weighted by Crippen LogP contribution is -2.62. The first-order valence-electron chi connectivity index (χ1n) is 11.2. The van der Waals surface area contributed by atoms with Crippen LogP contribution in [-0.4, -0.2) is 18.4 Å². The molecule has 4 rings (SSSR count). The summed E-state index contributed by atoms with van der Waals surface area (Å²) in [6.45, 7) is 10.6. The summed E-state index contributed by atoms with van der Waals surface area (Å²) in [4.78, 5) is 24.8. The molecule has 3 heteroatoms. The highest BCUT2D eigenvalue weighted by atomic mass is 16.5. The molecule has 7 atom stereocenters. The number of ether oxygens (including phenoxy) is 1. The molecule has 0 unspecified atom stereocenters. The normalized spacial score (nSPS) is 49.9. The van der Waals surface area contributed by atoms with Gasteiger partial charge in [-0.2, -0.15) is 0 Å². The average Bonchev–Trinajstić information content (AvgIpc) is 2.83. The van der Waals surface area contributed by atoms with Gasteiger partial charge >= 0.3 is 5.97 Å². The third-order valence-corrected chi connectivity index (χ3v) is 9.42. The minimum atomic E-state index is -0.203. The van der Waals surface area contributed by atoms with Crippen molar-refractivity contribution in [3.63, 3.8) is 0 Å². The molecule has 2 bridgehead atoms. The van der Waals surface area contributed by atoms with E-state index in [0.717, 1.165) is 32.1 Å². The minimum Gasteiger partial charge on any atom is -0.457 e. The molecule has 0 aromatic heterocycles. The van der Waals surface area contributed by atoms with Crippen LogP contribution in [0.5, 0.6) is 0 Å². The smallest absolute Gasteiger partial charge is 0.333 e. The van der Waals surface area contributed by atoms with E-state index in [1.165, 1.54) is 19.1 Å². The van der Waals surface area contributed by atoms with Gasteiger partial charge < -0.3 is 9.53 Å². The maximum Gasteiger partial charge on any atom is 0.333 e. The van der Waals surface area contributed by atoms with Crippen molar-refractivity contribution in [2.24, 2.45) is 33.5 Å². The summed E-state index contributed by atoms with van der Waals surface area (Å²) in [5.41, 5.74) is 0.496. The van der Waals surface area contributed by atoms with Gasteiger partial charge in [0.2, 0.25) is 0 Å². The van der Waals surface area contributed by atoms with Gasteiger partial charge in [-0.25, -0.2) is 4.79 Å². The van der Waals surface area contributed by atoms with Crippen LogP contribution in [0.4, 0.5) is 0 Å². The third kappa shape index (κ3) is 2.47. The molecule has 0 aliphatic heterocycles. The van der Waals surface area contributed by atoms with Crippen molar-refractivity contribution in [3.05, 3.63) is 23.8 Å². The Hall–Kier alpha value is -1.38. The van der Waals surface area contributed by atoms with Gasteiger partial charge in [0.25, 0.3) is 0 Å². The van der Waals surface area contributed by atoms with E-state index in [1.54, 1.807) is 0 Å². The first-order valence-corrected chi connectivity index (χ1v) is 11.2. The molecule has 0 saturated heterocycles. The van der Waals surface area contributed by atoms with Gasteiger partial charge in [-0.05, 0) is 69.6 Å². The van der Waals surface area contributed by atoms with Gasteiger partial charge in [0.15, 0.2) is 0 Å². The zero-order chi connectivity index (χ0) is 20.4. The number of rotatable bonds is 3. The molecular weight excluding hydrogens is 348 g/mol. The van der Waals surface area contributed by atoms with Crippen LogP contribution in [0.2, 0.25) is 0 Å². The lowest BCUT2D eigenvalue weighted by atomic mass is 9.40. The van der Waals surface area contributed by atoms with Crippen LogP contribution in [0.25, 0.3) is 0 Å². The van der Waals surface area contributed by atoms with Crippen molar-refractivity contribution in [2.45, 2.75) is 85.7 Å². The van der Waals surface area contributed by atoms with E-state index < -0.39 is 0 Å². The van der Waals surface area contributed by atoms with Crippen molar-refractivity contribution in [1.82, 2.24) is 0 Å². The summed E-state index contributed by atoms with van der Waals surface area (Å²) in [7, 11) is 0. The van der Waals surface area contributed by atoms with Gasteiger partial charge in [-0.15, -0.1) is 0 Å². The number of hydrogen-bond acceptors (Lipinski definition) is 3. The van der Waals surface area contributed by atoms with Gasteiger partial charge in [0.1, 0.15) is 12.4 Å². The number of allylic oxidation sites excluding steroid dienone is 1. The Bertz CT molecular complexity index is 751. The van der Waals surface area contributed by atoms with Crippen LogP contribution in [0, 0.1) is 33.5 Å². The van der Waals surface area contributed by atoms with Crippen LogP contribution in [0.15, 0.2) is 23.8 Å². The van der Waals surface area contributed by atoms with Crippen molar-refractivity contribution in [2.75, 3.05) is 0 Å². The molecule has 4 aliphatic carbocycles. The standard InChI is InChI=1S/C25H36O3/c1-6-17(2)20(27)28-21-22(3)12-8-19-24(5)11-7-10-23(4,16-26)18(24)9-13-25(19,21)15-14-22/h6,14-16,18-19,21H,7-13H2,1-5H3/b17-6+/t18-,19-,21-,22+,23-,24+,25+/m0/s1. The molecule has 0 aromatic rings. The highest BCUT2D eigenvalue weighted by Gasteiger charge is 2.68. The summed E-state index contributed by atoms with van der Waals surface area (Å²) in [6, 6.07) is 0. The third-order valence-electron chi connectivity index (χ3n) is 9.42. The first-order chi connectivity index (χ1) is 13.2. The number of hydrogen-bond donors (Lipinski definition) is 0. The van der Waals surface area contributed by atoms with Crippen molar-refractivity contribution >= 4 is 12.3 Å². The molecule has 4 aliphatic rings. The molecule has 154 valence electrons. The molecule has 0 heterocycles. The highest BCUT2D eigenvalue weighted by Crippen LogP contribution is 2.72. The van der Waals surface area contributed by atoms with Crippen LogP contribution in [-0.2, 0) is 14.3 Å². The Labute approximate surface area is 170 Å². The molecule has 1 spiro atoms. The van der Waals surface area contributed by atoms with Crippen molar-refractivity contribution < 1.29 is 14.3 Å². The Morgan fingerprint density at radius 3 is 2.43 bits per heavy atom. The van der Waals surface area contributed by atoms with E-state index in [0.29, 0.717) is 17.4 Å². The predicted octanol–water partition coefficient (Wildman–Crippen LogP) is 5.64. The predicted molar refractivity (Wildman–Crippen MR) is 111 cm³/mol. The Balaban J connectivity index is 1.73. The van der Waals surface area contributed by atoms with Crippen molar-refractivity contribution in [3.8, 4) is 0 Å². The largest absolute Gasteiger partial charge is 0.457 e. The lowest BCUT2D eigenvalue weighted by molar-refractivity contribution is -0.201. The van der Waals surface area contributed by atoms with E-state index in [4.69, 9.17) is 4.74 Å². The van der Waals surface area contributed by atoms with E-state index in [-0.39, 0.29) is 33.7 Å². The van der Waals surface area contributed by atoms with Crippen LogP contribution in [0.1, 0.15) is 79.6 Å². The minimum absolute atomic E-state index is 0.0635. The summed E-state index contributed by atoms with van der Waals surface area (Å²) in [5, 5.41) is 0. The maximum absolute atomic E-state index is 12.7. The monoisotopic (exact) mass is 384 g/mol. The molecule has 0 radical (unpaired) electrons. The highest BCUT2D eigenvalue weighted by molar-refractivity contribution is 5.87. The molecule has 0 N–H and O–H groups in total. The molecular formula is C25H36O3. The van der Waals surface area contributed by atoms with Crippen molar-refractivity contribution in [1.29, 1.82) is 0 Å². The lowest BCUT2D eigenvalue weighted by Gasteiger charge is -2.65. The number of esters is 1. The number of aldehydes is 1. The summed E-state index contributed by atoms with van der Waals surface area (Å²) < 4.78 is 6.26. The van der Waals surface area contributed by atoms with E-state index in [9.17, 15) is 9.59 Å². The SMILES string of the molecule is C/C=C(\C)C(=O)O[C@@H]1[C@]23C=C[C@@]1(C)CC[C@H]2[C@]1(C)CCC[C@@](C)(C=O)[C@@H]1CC3. The number of carbonyl (C=O) groups excluding carboxylic acids is 2. The van der Waals surface area contributed by atoms with E-state index in [1.807, 2.05) is 19.9 Å². The number of carbonyl (C=O) groups is 2. The second kappa shape index (κ2) is 6.31. The fourth-order valence-corrected chi connectivity index (χ4v) is 7.83. The molecule has 0 amide bonds. The van der Waals surface area contributed by atoms with Crippen LogP contribution >= 0.6 is 0 Å².